The van der Waals surface area contributed by atoms with Crippen LogP contribution in [0.4, 0.5) is 4.79 Å². The number of ether oxygens (including phenoxy) is 2. The topological polar surface area (TPSA) is 107 Å². The minimum Gasteiger partial charge on any atom is -0.497 e. The highest BCUT2D eigenvalue weighted by molar-refractivity contribution is 5.96. The molecule has 1 aliphatic rings. The summed E-state index contributed by atoms with van der Waals surface area (Å²) in [5.74, 6) is -0.0296. The summed E-state index contributed by atoms with van der Waals surface area (Å²) in [6.45, 7) is 3.48. The number of benzene rings is 1. The van der Waals surface area contributed by atoms with Crippen molar-refractivity contribution in [3.05, 3.63) is 51.5 Å². The van der Waals surface area contributed by atoms with Gasteiger partial charge in [0, 0.05) is 17.1 Å². The molecule has 2 N–H and O–H groups in total. The molecular formula is C18H18N2O6. The molecule has 0 fully saturated rings. The number of urea groups is 1. The molecule has 0 spiro atoms. The lowest BCUT2D eigenvalue weighted by Crippen LogP contribution is -2.45. The maximum atomic E-state index is 12.4. The Balaban J connectivity index is 2.25. The third-order valence-electron chi connectivity index (χ3n) is 4.06. The normalized spacial score (nSPS) is 16.9. The van der Waals surface area contributed by atoms with E-state index < -0.39 is 23.7 Å². The first-order chi connectivity index (χ1) is 12.4. The predicted molar refractivity (Wildman–Crippen MR) is 92.8 cm³/mol. The monoisotopic (exact) mass is 358 g/mol. The van der Waals surface area contributed by atoms with E-state index in [9.17, 15) is 14.4 Å². The molecule has 1 aliphatic heterocycles. The molecule has 8 heteroatoms. The van der Waals surface area contributed by atoms with E-state index in [2.05, 4.69) is 10.6 Å². The zero-order chi connectivity index (χ0) is 18.8. The summed E-state index contributed by atoms with van der Waals surface area (Å²) in [6, 6.07) is 4.85. The van der Waals surface area contributed by atoms with Crippen LogP contribution in [0, 0.1) is 0 Å². The Kier molecular flexibility index (Phi) is 4.66. The summed E-state index contributed by atoms with van der Waals surface area (Å²) in [7, 11) is 1.51. The molecule has 2 amide bonds. The number of allylic oxidation sites excluding steroid dienone is 1. The van der Waals surface area contributed by atoms with Gasteiger partial charge in [-0.3, -0.25) is 0 Å². The molecule has 1 aromatic carbocycles. The first-order valence-corrected chi connectivity index (χ1v) is 8.01. The minimum absolute atomic E-state index is 0.182. The SMILES string of the molecule is CCOC(=O)C1=C(C)NC(=O)NC1c1cc(=O)oc2ccc(OC)cc12. The number of esters is 1. The lowest BCUT2D eigenvalue weighted by atomic mass is 9.93. The summed E-state index contributed by atoms with van der Waals surface area (Å²) >= 11 is 0. The molecule has 0 saturated heterocycles. The first-order valence-electron chi connectivity index (χ1n) is 8.01. The van der Waals surface area contributed by atoms with Crippen molar-refractivity contribution in [3.63, 3.8) is 0 Å². The number of amides is 2. The number of carbonyl (C=O) groups is 2. The number of hydrogen-bond acceptors (Lipinski definition) is 6. The summed E-state index contributed by atoms with van der Waals surface area (Å²) in [6.07, 6.45) is 0. The number of carbonyl (C=O) groups excluding carboxylic acids is 2. The van der Waals surface area contributed by atoms with Crippen LogP contribution in [-0.4, -0.2) is 25.7 Å². The van der Waals surface area contributed by atoms with Crippen molar-refractivity contribution in [1.82, 2.24) is 10.6 Å². The molecule has 2 heterocycles. The van der Waals surface area contributed by atoms with Gasteiger partial charge in [-0.25, -0.2) is 14.4 Å². The highest BCUT2D eigenvalue weighted by Crippen LogP contribution is 2.33. The van der Waals surface area contributed by atoms with Crippen LogP contribution in [-0.2, 0) is 9.53 Å². The molecule has 0 saturated carbocycles. The third kappa shape index (κ3) is 3.13. The molecular weight excluding hydrogens is 340 g/mol. The molecule has 1 atom stereocenters. The zero-order valence-electron chi connectivity index (χ0n) is 14.5. The zero-order valence-corrected chi connectivity index (χ0v) is 14.5. The minimum atomic E-state index is -0.860. The maximum absolute atomic E-state index is 12.4. The summed E-state index contributed by atoms with van der Waals surface area (Å²) < 4.78 is 15.6. The molecule has 0 radical (unpaired) electrons. The van der Waals surface area contributed by atoms with Crippen LogP contribution in [0.3, 0.4) is 0 Å². The lowest BCUT2D eigenvalue weighted by molar-refractivity contribution is -0.139. The van der Waals surface area contributed by atoms with Gasteiger partial charge in [0.15, 0.2) is 0 Å². The predicted octanol–water partition coefficient (Wildman–Crippen LogP) is 1.99. The molecule has 26 heavy (non-hydrogen) atoms. The van der Waals surface area contributed by atoms with E-state index in [0.29, 0.717) is 28.0 Å². The van der Waals surface area contributed by atoms with Crippen LogP contribution < -0.4 is 21.0 Å². The van der Waals surface area contributed by atoms with Crippen molar-refractivity contribution in [2.45, 2.75) is 19.9 Å². The van der Waals surface area contributed by atoms with Crippen LogP contribution in [0.5, 0.6) is 5.75 Å². The highest BCUT2D eigenvalue weighted by Gasteiger charge is 2.33. The summed E-state index contributed by atoms with van der Waals surface area (Å²) in [5, 5.41) is 5.78. The van der Waals surface area contributed by atoms with Gasteiger partial charge in [-0.15, -0.1) is 0 Å². The van der Waals surface area contributed by atoms with E-state index in [1.54, 1.807) is 32.0 Å². The van der Waals surface area contributed by atoms with Crippen molar-refractivity contribution in [2.75, 3.05) is 13.7 Å². The fourth-order valence-corrected chi connectivity index (χ4v) is 2.94. The Labute approximate surface area is 148 Å². The van der Waals surface area contributed by atoms with E-state index in [-0.39, 0.29) is 12.2 Å². The van der Waals surface area contributed by atoms with Gasteiger partial charge in [0.25, 0.3) is 0 Å². The van der Waals surface area contributed by atoms with E-state index in [1.165, 1.54) is 13.2 Å². The van der Waals surface area contributed by atoms with Gasteiger partial charge in [-0.05, 0) is 37.6 Å². The van der Waals surface area contributed by atoms with Crippen LogP contribution in [0.25, 0.3) is 11.0 Å². The quantitative estimate of drug-likeness (QED) is 0.639. The van der Waals surface area contributed by atoms with E-state index in [0.717, 1.165) is 0 Å². The molecule has 2 aromatic rings. The van der Waals surface area contributed by atoms with Crippen molar-refractivity contribution in [2.24, 2.45) is 0 Å². The van der Waals surface area contributed by atoms with Crippen LogP contribution in [0.1, 0.15) is 25.5 Å². The number of nitrogens with one attached hydrogen (secondary N) is 2. The van der Waals surface area contributed by atoms with Gasteiger partial charge in [0.05, 0.1) is 25.3 Å². The average Bonchev–Trinajstić information content (AvgIpc) is 2.60. The van der Waals surface area contributed by atoms with E-state index in [1.807, 2.05) is 0 Å². The summed E-state index contributed by atoms with van der Waals surface area (Å²) in [5.41, 5.74) is 0.739. The Morgan fingerprint density at radius 2 is 2.04 bits per heavy atom. The molecule has 1 aromatic heterocycles. The number of methoxy groups -OCH3 is 1. The molecule has 3 rings (SSSR count). The van der Waals surface area contributed by atoms with Gasteiger partial charge in [0.2, 0.25) is 0 Å². The van der Waals surface area contributed by atoms with Crippen LogP contribution in [0.15, 0.2) is 44.7 Å². The Morgan fingerprint density at radius 1 is 1.27 bits per heavy atom. The second-order valence-electron chi connectivity index (χ2n) is 5.67. The van der Waals surface area contributed by atoms with Gasteiger partial charge in [0.1, 0.15) is 11.3 Å². The molecule has 0 aliphatic carbocycles. The fraction of sp³-hybridized carbons (Fsp3) is 0.278. The largest absolute Gasteiger partial charge is 0.497 e. The molecule has 136 valence electrons. The third-order valence-corrected chi connectivity index (χ3v) is 4.06. The first kappa shape index (κ1) is 17.5. The number of rotatable bonds is 4. The Hall–Kier alpha value is -3.29. The van der Waals surface area contributed by atoms with Gasteiger partial charge >= 0.3 is 17.6 Å². The van der Waals surface area contributed by atoms with Crippen LogP contribution in [0.2, 0.25) is 0 Å². The lowest BCUT2D eigenvalue weighted by Gasteiger charge is -2.28. The van der Waals surface area contributed by atoms with Gasteiger partial charge in [-0.1, -0.05) is 0 Å². The van der Waals surface area contributed by atoms with Gasteiger partial charge < -0.3 is 24.5 Å². The maximum Gasteiger partial charge on any atom is 0.338 e. The molecule has 1 unspecified atom stereocenters. The molecule has 8 nitrogen and oxygen atoms in total. The van der Waals surface area contributed by atoms with E-state index in [4.69, 9.17) is 13.9 Å². The summed E-state index contributed by atoms with van der Waals surface area (Å²) in [4.78, 5) is 36.4. The smallest absolute Gasteiger partial charge is 0.338 e. The van der Waals surface area contributed by atoms with E-state index >= 15 is 0 Å². The van der Waals surface area contributed by atoms with Crippen molar-refractivity contribution < 1.29 is 23.5 Å². The fourth-order valence-electron chi connectivity index (χ4n) is 2.94. The number of hydrogen-bond donors (Lipinski definition) is 2. The average molecular weight is 358 g/mol. The molecule has 0 bridgehead atoms. The Bertz CT molecular complexity index is 975. The second kappa shape index (κ2) is 6.91. The van der Waals surface area contributed by atoms with Crippen molar-refractivity contribution in [1.29, 1.82) is 0 Å². The Morgan fingerprint density at radius 3 is 2.73 bits per heavy atom. The highest BCUT2D eigenvalue weighted by atomic mass is 16.5. The van der Waals surface area contributed by atoms with Crippen molar-refractivity contribution >= 4 is 23.0 Å². The van der Waals surface area contributed by atoms with Gasteiger partial charge in [-0.2, -0.15) is 0 Å². The standard InChI is InChI=1S/C18H18N2O6/c1-4-25-17(22)15-9(2)19-18(23)20-16(15)12-8-14(21)26-13-6-5-10(24-3)7-11(12)13/h5-8,16H,4H2,1-3H3,(H2,19,20,23). The number of fused-ring (bicyclic) bond motifs is 1. The second-order valence-corrected chi connectivity index (χ2v) is 5.67. The van der Waals surface area contributed by atoms with Crippen molar-refractivity contribution in [3.8, 4) is 5.75 Å². The van der Waals surface area contributed by atoms with Crippen LogP contribution >= 0.6 is 0 Å².